The standard InChI is InChI=1S/C22H28N2O2/c1-3-4-5-9-16-26-21-14-12-20(13-15-21)18(2)23-24-22(25)17-19-10-7-6-8-11-19/h6-8,10-15H,3-5,9,16-17H2,1-2H3,(H,24,25)/b23-18+. The molecule has 26 heavy (non-hydrogen) atoms. The zero-order chi connectivity index (χ0) is 18.6. The van der Waals surface area contributed by atoms with E-state index in [1.807, 2.05) is 61.5 Å². The van der Waals surface area contributed by atoms with Crippen LogP contribution in [0, 0.1) is 0 Å². The van der Waals surface area contributed by atoms with Gasteiger partial charge in [-0.1, -0.05) is 56.5 Å². The Labute approximate surface area is 156 Å². The number of amides is 1. The number of hydrazone groups is 1. The minimum absolute atomic E-state index is 0.123. The molecular formula is C22H28N2O2. The molecule has 0 bridgehead atoms. The average molecular weight is 352 g/mol. The van der Waals surface area contributed by atoms with Crippen LogP contribution in [0.5, 0.6) is 5.75 Å². The minimum atomic E-state index is -0.123. The van der Waals surface area contributed by atoms with Gasteiger partial charge in [0.15, 0.2) is 0 Å². The highest BCUT2D eigenvalue weighted by Crippen LogP contribution is 2.13. The molecule has 138 valence electrons. The molecule has 1 amide bonds. The predicted molar refractivity (Wildman–Crippen MR) is 107 cm³/mol. The molecule has 0 atom stereocenters. The number of hydrogen-bond acceptors (Lipinski definition) is 3. The van der Waals surface area contributed by atoms with Crippen LogP contribution in [-0.2, 0) is 11.2 Å². The van der Waals surface area contributed by atoms with Crippen molar-refractivity contribution in [1.82, 2.24) is 5.43 Å². The molecule has 2 aromatic rings. The van der Waals surface area contributed by atoms with Gasteiger partial charge in [-0.3, -0.25) is 4.79 Å². The van der Waals surface area contributed by atoms with Crippen molar-refractivity contribution in [3.8, 4) is 5.75 Å². The molecule has 0 heterocycles. The second-order valence-corrected chi connectivity index (χ2v) is 6.33. The van der Waals surface area contributed by atoms with E-state index in [1.54, 1.807) is 0 Å². The monoisotopic (exact) mass is 352 g/mol. The van der Waals surface area contributed by atoms with E-state index in [-0.39, 0.29) is 5.91 Å². The first-order chi connectivity index (χ1) is 12.7. The fourth-order valence-electron chi connectivity index (χ4n) is 2.54. The van der Waals surface area contributed by atoms with Crippen molar-refractivity contribution >= 4 is 11.6 Å². The van der Waals surface area contributed by atoms with Crippen LogP contribution in [0.2, 0.25) is 0 Å². The number of benzene rings is 2. The largest absolute Gasteiger partial charge is 0.494 e. The summed E-state index contributed by atoms with van der Waals surface area (Å²) >= 11 is 0. The van der Waals surface area contributed by atoms with Crippen molar-refractivity contribution in [2.24, 2.45) is 5.10 Å². The fourth-order valence-corrected chi connectivity index (χ4v) is 2.54. The van der Waals surface area contributed by atoms with Crippen LogP contribution in [0.3, 0.4) is 0 Å². The van der Waals surface area contributed by atoms with Gasteiger partial charge in [0, 0.05) is 0 Å². The molecule has 4 nitrogen and oxygen atoms in total. The molecule has 0 radical (unpaired) electrons. The van der Waals surface area contributed by atoms with Gasteiger partial charge in [-0.05, 0) is 48.7 Å². The summed E-state index contributed by atoms with van der Waals surface area (Å²) < 4.78 is 5.74. The minimum Gasteiger partial charge on any atom is -0.494 e. The van der Waals surface area contributed by atoms with Crippen molar-refractivity contribution < 1.29 is 9.53 Å². The first-order valence-electron chi connectivity index (χ1n) is 9.29. The highest BCUT2D eigenvalue weighted by Gasteiger charge is 2.03. The molecule has 1 N–H and O–H groups in total. The van der Waals surface area contributed by atoms with E-state index < -0.39 is 0 Å². The summed E-state index contributed by atoms with van der Waals surface area (Å²) in [5, 5.41) is 4.19. The van der Waals surface area contributed by atoms with Crippen LogP contribution in [0.1, 0.15) is 50.7 Å². The first-order valence-corrected chi connectivity index (χ1v) is 9.29. The topological polar surface area (TPSA) is 50.7 Å². The molecular weight excluding hydrogens is 324 g/mol. The first kappa shape index (κ1) is 19.7. The van der Waals surface area contributed by atoms with Gasteiger partial charge in [-0.2, -0.15) is 5.10 Å². The number of ether oxygens (including phenoxy) is 1. The number of hydrogen-bond donors (Lipinski definition) is 1. The smallest absolute Gasteiger partial charge is 0.244 e. The molecule has 0 aliphatic carbocycles. The van der Waals surface area contributed by atoms with Crippen molar-refractivity contribution in [3.63, 3.8) is 0 Å². The van der Waals surface area contributed by atoms with Gasteiger partial charge in [0.2, 0.25) is 5.91 Å². The molecule has 0 aliphatic rings. The fraction of sp³-hybridized carbons (Fsp3) is 0.364. The molecule has 2 aromatic carbocycles. The summed E-state index contributed by atoms with van der Waals surface area (Å²) in [6.07, 6.45) is 5.11. The van der Waals surface area contributed by atoms with Gasteiger partial charge < -0.3 is 4.74 Å². The third kappa shape index (κ3) is 7.09. The van der Waals surface area contributed by atoms with Crippen LogP contribution in [0.25, 0.3) is 0 Å². The lowest BCUT2D eigenvalue weighted by Crippen LogP contribution is -2.21. The molecule has 0 saturated carbocycles. The molecule has 0 unspecified atom stereocenters. The highest BCUT2D eigenvalue weighted by atomic mass is 16.5. The third-order valence-electron chi connectivity index (χ3n) is 4.09. The number of nitrogens with zero attached hydrogens (tertiary/aromatic N) is 1. The van der Waals surface area contributed by atoms with E-state index in [4.69, 9.17) is 4.74 Å². The number of nitrogens with one attached hydrogen (secondary N) is 1. The zero-order valence-electron chi connectivity index (χ0n) is 15.7. The molecule has 4 heteroatoms. The maximum absolute atomic E-state index is 12.0. The normalized spacial score (nSPS) is 11.2. The quantitative estimate of drug-likeness (QED) is 0.382. The van der Waals surface area contributed by atoms with Gasteiger partial charge in [-0.25, -0.2) is 5.43 Å². The van der Waals surface area contributed by atoms with E-state index in [1.165, 1.54) is 19.3 Å². The second-order valence-electron chi connectivity index (χ2n) is 6.33. The second kappa shape index (κ2) is 11.1. The number of carbonyl (C=O) groups excluding carboxylic acids is 1. The lowest BCUT2D eigenvalue weighted by Gasteiger charge is -2.07. The molecule has 0 spiro atoms. The van der Waals surface area contributed by atoms with Crippen LogP contribution >= 0.6 is 0 Å². The third-order valence-corrected chi connectivity index (χ3v) is 4.09. The highest BCUT2D eigenvalue weighted by molar-refractivity contribution is 5.99. The maximum Gasteiger partial charge on any atom is 0.244 e. The number of unbranched alkanes of at least 4 members (excludes halogenated alkanes) is 3. The Kier molecular flexibility index (Phi) is 8.40. The van der Waals surface area contributed by atoms with E-state index in [0.29, 0.717) is 6.42 Å². The Morgan fingerprint density at radius 2 is 1.73 bits per heavy atom. The van der Waals surface area contributed by atoms with Gasteiger partial charge in [0.05, 0.1) is 18.7 Å². The van der Waals surface area contributed by atoms with Crippen LogP contribution < -0.4 is 10.2 Å². The molecule has 0 aromatic heterocycles. The van der Waals surface area contributed by atoms with E-state index in [9.17, 15) is 4.79 Å². The summed E-state index contributed by atoms with van der Waals surface area (Å²) in [6, 6.07) is 17.4. The van der Waals surface area contributed by atoms with Crippen LogP contribution in [0.15, 0.2) is 59.7 Å². The Balaban J connectivity index is 1.79. The van der Waals surface area contributed by atoms with Crippen LogP contribution in [0.4, 0.5) is 0 Å². The lowest BCUT2D eigenvalue weighted by atomic mass is 10.1. The molecule has 0 saturated heterocycles. The average Bonchev–Trinajstić information content (AvgIpc) is 2.67. The van der Waals surface area contributed by atoms with E-state index >= 15 is 0 Å². The summed E-state index contributed by atoms with van der Waals surface area (Å²) in [6.45, 7) is 4.83. The molecule has 0 aliphatic heterocycles. The number of rotatable bonds is 10. The number of carbonyl (C=O) groups is 1. The van der Waals surface area contributed by atoms with Crippen LogP contribution in [-0.4, -0.2) is 18.2 Å². The Hall–Kier alpha value is -2.62. The molecule has 0 fully saturated rings. The summed E-state index contributed by atoms with van der Waals surface area (Å²) in [5.74, 6) is 0.744. The van der Waals surface area contributed by atoms with Crippen molar-refractivity contribution in [2.75, 3.05) is 6.61 Å². The van der Waals surface area contributed by atoms with Crippen molar-refractivity contribution in [1.29, 1.82) is 0 Å². The zero-order valence-corrected chi connectivity index (χ0v) is 15.7. The van der Waals surface area contributed by atoms with E-state index in [0.717, 1.165) is 35.6 Å². The summed E-state index contributed by atoms with van der Waals surface area (Å²) in [7, 11) is 0. The Morgan fingerprint density at radius 3 is 2.42 bits per heavy atom. The van der Waals surface area contributed by atoms with Crippen molar-refractivity contribution in [2.45, 2.75) is 46.0 Å². The maximum atomic E-state index is 12.0. The Morgan fingerprint density at radius 1 is 1.00 bits per heavy atom. The summed E-state index contributed by atoms with van der Waals surface area (Å²) in [4.78, 5) is 12.0. The van der Waals surface area contributed by atoms with Gasteiger partial charge in [-0.15, -0.1) is 0 Å². The van der Waals surface area contributed by atoms with E-state index in [2.05, 4.69) is 17.5 Å². The SMILES string of the molecule is CCCCCCOc1ccc(/C(C)=N/NC(=O)Cc2ccccc2)cc1. The lowest BCUT2D eigenvalue weighted by molar-refractivity contribution is -0.120. The van der Waals surface area contributed by atoms with Gasteiger partial charge >= 0.3 is 0 Å². The Bertz CT molecular complexity index is 694. The molecule has 2 rings (SSSR count). The predicted octanol–water partition coefficient (Wildman–Crippen LogP) is 4.73. The van der Waals surface area contributed by atoms with Gasteiger partial charge in [0.1, 0.15) is 5.75 Å². The van der Waals surface area contributed by atoms with Gasteiger partial charge in [0.25, 0.3) is 0 Å². The summed E-state index contributed by atoms with van der Waals surface area (Å²) in [5.41, 5.74) is 5.31. The van der Waals surface area contributed by atoms with Crippen molar-refractivity contribution in [3.05, 3.63) is 65.7 Å².